The summed E-state index contributed by atoms with van der Waals surface area (Å²) in [4.78, 5) is 0. The predicted molar refractivity (Wildman–Crippen MR) is 112 cm³/mol. The topological polar surface area (TPSA) is 0 Å². The van der Waals surface area contributed by atoms with Gasteiger partial charge in [0.05, 0.1) is 0 Å². The monoisotopic (exact) mass is 320 g/mol. The summed E-state index contributed by atoms with van der Waals surface area (Å²) in [7, 11) is 0. The van der Waals surface area contributed by atoms with E-state index in [0.29, 0.717) is 0 Å². The van der Waals surface area contributed by atoms with E-state index in [1.165, 1.54) is 22.3 Å². The van der Waals surface area contributed by atoms with Gasteiger partial charge >= 0.3 is 0 Å². The van der Waals surface area contributed by atoms with Gasteiger partial charge in [-0.15, -0.1) is 0 Å². The summed E-state index contributed by atoms with van der Waals surface area (Å²) < 4.78 is 0. The van der Waals surface area contributed by atoms with Gasteiger partial charge in [-0.3, -0.25) is 0 Å². The van der Waals surface area contributed by atoms with E-state index in [9.17, 15) is 0 Å². The fraction of sp³-hybridized carbons (Fsp3) is 0.250. The van der Waals surface area contributed by atoms with E-state index in [1.807, 2.05) is 45.9 Å². The van der Waals surface area contributed by atoms with Gasteiger partial charge in [-0.05, 0) is 44.4 Å². The lowest BCUT2D eigenvalue weighted by molar-refractivity contribution is 1.39. The van der Waals surface area contributed by atoms with Crippen LogP contribution in [0.25, 0.3) is 16.7 Å². The molecule has 0 aliphatic rings. The number of rotatable bonds is 3. The van der Waals surface area contributed by atoms with E-state index in [-0.39, 0.29) is 0 Å². The van der Waals surface area contributed by atoms with E-state index >= 15 is 0 Å². The molecule has 2 aromatic rings. The quantitative estimate of drug-likeness (QED) is 0.503. The van der Waals surface area contributed by atoms with Crippen molar-refractivity contribution in [3.63, 3.8) is 0 Å². The van der Waals surface area contributed by atoms with Gasteiger partial charge in [0, 0.05) is 0 Å². The largest absolute Gasteiger partial charge is 0.0955 e. The molecule has 0 unspecified atom stereocenters. The normalized spacial score (nSPS) is 9.25. The Bertz CT molecular complexity index is 621. The van der Waals surface area contributed by atoms with Crippen LogP contribution in [0.4, 0.5) is 0 Å². The second-order valence-electron chi connectivity index (χ2n) is 5.49. The minimum absolute atomic E-state index is 1.11. The van der Waals surface area contributed by atoms with Crippen LogP contribution in [0.15, 0.2) is 85.0 Å². The van der Waals surface area contributed by atoms with Crippen LogP contribution < -0.4 is 0 Å². The summed E-state index contributed by atoms with van der Waals surface area (Å²) in [5.74, 6) is 0. The zero-order chi connectivity index (χ0) is 18.4. The fourth-order valence-electron chi connectivity index (χ4n) is 1.87. The Kier molecular flexibility index (Phi) is 11.9. The molecular weight excluding hydrogens is 288 g/mol. The minimum atomic E-state index is 1.11. The molecule has 0 saturated heterocycles. The molecule has 0 aliphatic carbocycles. The highest BCUT2D eigenvalue weighted by molar-refractivity contribution is 5.68. The zero-order valence-corrected chi connectivity index (χ0v) is 16.1. The maximum absolute atomic E-state index is 3.93. The van der Waals surface area contributed by atoms with Gasteiger partial charge in [0.15, 0.2) is 0 Å². The summed E-state index contributed by atoms with van der Waals surface area (Å²) in [6.07, 6.45) is 6.14. The molecule has 24 heavy (non-hydrogen) atoms. The Hall–Kier alpha value is -2.34. The molecule has 0 heterocycles. The molecule has 0 fully saturated rings. The van der Waals surface area contributed by atoms with Crippen LogP contribution in [-0.4, -0.2) is 0 Å². The van der Waals surface area contributed by atoms with E-state index in [1.54, 1.807) is 0 Å². The average Bonchev–Trinajstić information content (AvgIpc) is 2.63. The van der Waals surface area contributed by atoms with Crippen molar-refractivity contribution in [2.45, 2.75) is 41.5 Å². The molecule has 2 aromatic carbocycles. The first-order valence-corrected chi connectivity index (χ1v) is 8.62. The van der Waals surface area contributed by atoms with Crippen molar-refractivity contribution in [3.8, 4) is 11.1 Å². The highest BCUT2D eigenvalue weighted by atomic mass is 14.0. The molecular formula is C24H32. The van der Waals surface area contributed by atoms with Gasteiger partial charge in [-0.1, -0.05) is 104 Å². The molecule has 0 spiro atoms. The number of allylic oxidation sites excluding steroid dienone is 5. The maximum Gasteiger partial charge on any atom is -0.0184 e. The van der Waals surface area contributed by atoms with E-state index in [2.05, 4.69) is 75.0 Å². The predicted octanol–water partition coefficient (Wildman–Crippen LogP) is 7.94. The van der Waals surface area contributed by atoms with Crippen LogP contribution in [0.2, 0.25) is 0 Å². The lowest BCUT2D eigenvalue weighted by atomic mass is 10.0. The highest BCUT2D eigenvalue weighted by Gasteiger charge is 1.97. The zero-order valence-electron chi connectivity index (χ0n) is 16.1. The Morgan fingerprint density at radius 2 is 1.29 bits per heavy atom. The van der Waals surface area contributed by atoms with Gasteiger partial charge in [0.2, 0.25) is 0 Å². The van der Waals surface area contributed by atoms with Gasteiger partial charge in [-0.25, -0.2) is 0 Å². The SMILES string of the molecule is C/C=C\C=C(C)C.C=C(C)c1ccc(-c2ccccc2)cc1.CC. The van der Waals surface area contributed by atoms with Crippen LogP contribution in [0, 0.1) is 0 Å². The van der Waals surface area contributed by atoms with Crippen molar-refractivity contribution >= 4 is 5.57 Å². The van der Waals surface area contributed by atoms with Crippen LogP contribution in [0.1, 0.15) is 47.1 Å². The molecule has 2 rings (SSSR count). The van der Waals surface area contributed by atoms with Gasteiger partial charge < -0.3 is 0 Å². The Morgan fingerprint density at radius 1 is 0.792 bits per heavy atom. The Labute approximate surface area is 149 Å². The van der Waals surface area contributed by atoms with Crippen molar-refractivity contribution in [3.05, 3.63) is 90.5 Å². The molecule has 0 N–H and O–H groups in total. The number of benzene rings is 2. The maximum atomic E-state index is 3.93. The van der Waals surface area contributed by atoms with Crippen molar-refractivity contribution in [2.24, 2.45) is 0 Å². The van der Waals surface area contributed by atoms with Crippen LogP contribution >= 0.6 is 0 Å². The van der Waals surface area contributed by atoms with Crippen molar-refractivity contribution < 1.29 is 0 Å². The molecule has 0 aromatic heterocycles. The average molecular weight is 321 g/mol. The molecule has 0 heteroatoms. The third kappa shape index (κ3) is 8.95. The van der Waals surface area contributed by atoms with E-state index in [4.69, 9.17) is 0 Å². The lowest BCUT2D eigenvalue weighted by Gasteiger charge is -2.03. The fourth-order valence-corrected chi connectivity index (χ4v) is 1.87. The summed E-state index contributed by atoms with van der Waals surface area (Å²) >= 11 is 0. The van der Waals surface area contributed by atoms with Gasteiger partial charge in [0.25, 0.3) is 0 Å². The first-order valence-electron chi connectivity index (χ1n) is 8.62. The molecule has 0 nitrogen and oxygen atoms in total. The van der Waals surface area contributed by atoms with Gasteiger partial charge in [0.1, 0.15) is 0 Å². The van der Waals surface area contributed by atoms with Crippen molar-refractivity contribution in [2.75, 3.05) is 0 Å². The second-order valence-corrected chi connectivity index (χ2v) is 5.49. The molecule has 0 amide bonds. The summed E-state index contributed by atoms with van der Waals surface area (Å²) in [5.41, 5.74) is 6.16. The van der Waals surface area contributed by atoms with Crippen LogP contribution in [-0.2, 0) is 0 Å². The third-order valence-corrected chi connectivity index (χ3v) is 3.11. The standard InChI is InChI=1S/C15H14.C7H12.C2H6/c1-12(2)13-8-10-15(11-9-13)14-6-4-3-5-7-14;1-4-5-6-7(2)3;1-2/h3-11H,1H2,2H3;4-6H,1-3H3;1-2H3/b;5-4-;. The molecule has 0 atom stereocenters. The highest BCUT2D eigenvalue weighted by Crippen LogP contribution is 2.21. The summed E-state index contributed by atoms with van der Waals surface area (Å²) in [6.45, 7) is 16.1. The first kappa shape index (κ1) is 21.7. The Morgan fingerprint density at radius 3 is 1.67 bits per heavy atom. The van der Waals surface area contributed by atoms with Crippen LogP contribution in [0.3, 0.4) is 0 Å². The number of hydrogen-bond donors (Lipinski definition) is 0. The lowest BCUT2D eigenvalue weighted by Crippen LogP contribution is -1.80. The Balaban J connectivity index is 0.000000501. The van der Waals surface area contributed by atoms with E-state index in [0.717, 1.165) is 5.57 Å². The first-order chi connectivity index (χ1) is 11.5. The van der Waals surface area contributed by atoms with Crippen molar-refractivity contribution in [1.29, 1.82) is 0 Å². The molecule has 128 valence electrons. The molecule has 0 radical (unpaired) electrons. The third-order valence-electron chi connectivity index (χ3n) is 3.11. The van der Waals surface area contributed by atoms with E-state index < -0.39 is 0 Å². The summed E-state index contributed by atoms with van der Waals surface area (Å²) in [6, 6.07) is 18.9. The molecule has 0 saturated carbocycles. The number of hydrogen-bond acceptors (Lipinski definition) is 0. The van der Waals surface area contributed by atoms with Gasteiger partial charge in [-0.2, -0.15) is 0 Å². The second kappa shape index (κ2) is 13.1. The molecule has 0 aliphatic heterocycles. The van der Waals surface area contributed by atoms with Crippen LogP contribution in [0.5, 0.6) is 0 Å². The van der Waals surface area contributed by atoms with Crippen molar-refractivity contribution in [1.82, 2.24) is 0 Å². The molecule has 0 bridgehead atoms. The smallest absolute Gasteiger partial charge is 0.0184 e. The summed E-state index contributed by atoms with van der Waals surface area (Å²) in [5, 5.41) is 0. The minimum Gasteiger partial charge on any atom is -0.0955 e.